The summed E-state index contributed by atoms with van der Waals surface area (Å²) in [5.41, 5.74) is 0.918. The molecule has 0 N–H and O–H groups in total. The number of hydrogen-bond acceptors (Lipinski definition) is 2. The summed E-state index contributed by atoms with van der Waals surface area (Å²) in [4.78, 5) is 17.3. The molecule has 0 unspecified atom stereocenters. The molecule has 0 radical (unpaired) electrons. The Labute approximate surface area is 109 Å². The van der Waals surface area contributed by atoms with Crippen molar-refractivity contribution in [3.63, 3.8) is 0 Å². The Morgan fingerprint density at radius 2 is 2.00 bits per heavy atom. The molecule has 1 amide bonds. The van der Waals surface area contributed by atoms with Gasteiger partial charge in [0, 0.05) is 30.0 Å². The summed E-state index contributed by atoms with van der Waals surface area (Å²) >= 11 is 3.48. The Balaban J connectivity index is 2.48. The predicted molar refractivity (Wildman–Crippen MR) is 71.6 cm³/mol. The maximum absolute atomic E-state index is 11.2. The van der Waals surface area contributed by atoms with Crippen molar-refractivity contribution in [3.05, 3.63) is 40.6 Å². The van der Waals surface area contributed by atoms with Crippen LogP contribution in [0.1, 0.15) is 12.6 Å². The van der Waals surface area contributed by atoms with E-state index in [1.54, 1.807) is 25.1 Å². The molecule has 0 atom stereocenters. The number of pyridine rings is 1. The molecule has 3 nitrogen and oxygen atoms in total. The molecule has 0 aliphatic heterocycles. The van der Waals surface area contributed by atoms with E-state index in [9.17, 15) is 4.79 Å². The number of nitrogens with zero attached hydrogens (tertiary/aromatic N) is 2. The third-order valence-corrected chi connectivity index (χ3v) is 3.39. The molecule has 0 saturated carbocycles. The largest absolute Gasteiger partial charge is 0.340 e. The monoisotopic (exact) mass is 292 g/mol. The fraction of sp³-hybridized carbons (Fsp3) is 0.231. The zero-order valence-corrected chi connectivity index (χ0v) is 11.4. The van der Waals surface area contributed by atoms with Gasteiger partial charge in [-0.2, -0.15) is 0 Å². The van der Waals surface area contributed by atoms with Gasteiger partial charge in [0.1, 0.15) is 0 Å². The third-order valence-electron chi connectivity index (χ3n) is 2.75. The average molecular weight is 293 g/mol. The molecule has 0 spiro atoms. The average Bonchev–Trinajstić information content (AvgIpc) is 2.33. The van der Waals surface area contributed by atoms with Crippen molar-refractivity contribution < 1.29 is 4.79 Å². The summed E-state index contributed by atoms with van der Waals surface area (Å²) in [6.45, 7) is 2.09. The molecule has 1 aromatic carbocycles. The number of amides is 1. The van der Waals surface area contributed by atoms with Crippen molar-refractivity contribution in [2.75, 3.05) is 7.05 Å². The maximum atomic E-state index is 11.2. The lowest BCUT2D eigenvalue weighted by Gasteiger charge is -2.15. The van der Waals surface area contributed by atoms with Crippen LogP contribution in [0.2, 0.25) is 0 Å². The number of fused-ring (bicyclic) bond motifs is 1. The molecule has 0 fully saturated rings. The van der Waals surface area contributed by atoms with Gasteiger partial charge in [-0.1, -0.05) is 24.3 Å². The molecule has 0 aliphatic rings. The second-order valence-corrected chi connectivity index (χ2v) is 4.83. The normalized spacial score (nSPS) is 10.5. The van der Waals surface area contributed by atoms with E-state index >= 15 is 0 Å². The van der Waals surface area contributed by atoms with Crippen LogP contribution in [0.3, 0.4) is 0 Å². The minimum absolute atomic E-state index is 0.0406. The molecular formula is C13H13BrN2O. The van der Waals surface area contributed by atoms with Crippen LogP contribution in [0.15, 0.2) is 34.9 Å². The SMILES string of the molecule is CC(=O)N(C)Cc1ncc(Br)c2ccccc12. The van der Waals surface area contributed by atoms with E-state index < -0.39 is 0 Å². The Kier molecular flexibility index (Phi) is 3.43. The summed E-state index contributed by atoms with van der Waals surface area (Å²) in [7, 11) is 1.78. The molecule has 2 rings (SSSR count). The van der Waals surface area contributed by atoms with Gasteiger partial charge in [0.05, 0.1) is 12.2 Å². The van der Waals surface area contributed by atoms with Gasteiger partial charge in [0.25, 0.3) is 0 Å². The molecule has 0 saturated heterocycles. The number of halogens is 1. The van der Waals surface area contributed by atoms with E-state index in [0.29, 0.717) is 6.54 Å². The summed E-state index contributed by atoms with van der Waals surface area (Å²) in [5.74, 6) is 0.0406. The Morgan fingerprint density at radius 3 is 2.65 bits per heavy atom. The first-order chi connectivity index (χ1) is 8.09. The van der Waals surface area contributed by atoms with Gasteiger partial charge >= 0.3 is 0 Å². The van der Waals surface area contributed by atoms with Crippen LogP contribution < -0.4 is 0 Å². The summed E-state index contributed by atoms with van der Waals surface area (Å²) < 4.78 is 0.974. The first kappa shape index (κ1) is 12.0. The third kappa shape index (κ3) is 2.47. The minimum Gasteiger partial charge on any atom is -0.340 e. The zero-order valence-electron chi connectivity index (χ0n) is 9.77. The highest BCUT2D eigenvalue weighted by atomic mass is 79.9. The second kappa shape index (κ2) is 4.84. The van der Waals surface area contributed by atoms with Gasteiger partial charge in [-0.25, -0.2) is 0 Å². The zero-order chi connectivity index (χ0) is 12.4. The summed E-state index contributed by atoms with van der Waals surface area (Å²) in [6.07, 6.45) is 1.78. The smallest absolute Gasteiger partial charge is 0.219 e. The number of carbonyl (C=O) groups excluding carboxylic acids is 1. The lowest BCUT2D eigenvalue weighted by molar-refractivity contribution is -0.128. The minimum atomic E-state index is 0.0406. The second-order valence-electron chi connectivity index (χ2n) is 3.97. The van der Waals surface area contributed by atoms with Crippen molar-refractivity contribution >= 4 is 32.6 Å². The van der Waals surface area contributed by atoms with Gasteiger partial charge in [-0.15, -0.1) is 0 Å². The van der Waals surface area contributed by atoms with Gasteiger partial charge in [-0.05, 0) is 21.3 Å². The van der Waals surface area contributed by atoms with E-state index in [1.165, 1.54) is 0 Å². The fourth-order valence-corrected chi connectivity index (χ4v) is 2.13. The van der Waals surface area contributed by atoms with Crippen LogP contribution in [0, 0.1) is 0 Å². The van der Waals surface area contributed by atoms with Crippen LogP contribution in [0.5, 0.6) is 0 Å². The molecule has 4 heteroatoms. The highest BCUT2D eigenvalue weighted by Gasteiger charge is 2.09. The highest BCUT2D eigenvalue weighted by molar-refractivity contribution is 9.10. The van der Waals surface area contributed by atoms with Crippen molar-refractivity contribution in [1.82, 2.24) is 9.88 Å². The summed E-state index contributed by atoms with van der Waals surface area (Å²) in [5, 5.41) is 2.20. The Hall–Kier alpha value is -1.42. The van der Waals surface area contributed by atoms with Crippen molar-refractivity contribution in [2.24, 2.45) is 0 Å². The van der Waals surface area contributed by atoms with Crippen LogP contribution >= 0.6 is 15.9 Å². The number of carbonyl (C=O) groups is 1. The maximum Gasteiger partial charge on any atom is 0.219 e. The molecule has 2 aromatic rings. The molecule has 0 bridgehead atoms. The van der Waals surface area contributed by atoms with Crippen LogP contribution in [-0.4, -0.2) is 22.8 Å². The van der Waals surface area contributed by atoms with E-state index in [2.05, 4.69) is 20.9 Å². The van der Waals surface area contributed by atoms with Crippen LogP contribution in [0.25, 0.3) is 10.8 Å². The topological polar surface area (TPSA) is 33.2 Å². The number of aromatic nitrogens is 1. The number of rotatable bonds is 2. The quantitative estimate of drug-likeness (QED) is 0.853. The molecule has 17 heavy (non-hydrogen) atoms. The first-order valence-electron chi connectivity index (χ1n) is 5.33. The molecule has 0 aliphatic carbocycles. The predicted octanol–water partition coefficient (Wildman–Crippen LogP) is 2.98. The Morgan fingerprint density at radius 1 is 1.35 bits per heavy atom. The highest BCUT2D eigenvalue weighted by Crippen LogP contribution is 2.25. The Bertz CT molecular complexity index is 568. The number of benzene rings is 1. The van der Waals surface area contributed by atoms with Crippen molar-refractivity contribution in [2.45, 2.75) is 13.5 Å². The standard InChI is InChI=1S/C13H13BrN2O/c1-9(17)16(2)8-13-11-6-4-3-5-10(11)12(14)7-15-13/h3-7H,8H2,1-2H3. The van der Waals surface area contributed by atoms with E-state index in [1.807, 2.05) is 24.3 Å². The van der Waals surface area contributed by atoms with Gasteiger partial charge in [-0.3, -0.25) is 9.78 Å². The van der Waals surface area contributed by atoms with E-state index in [4.69, 9.17) is 0 Å². The van der Waals surface area contributed by atoms with E-state index in [0.717, 1.165) is 20.9 Å². The first-order valence-corrected chi connectivity index (χ1v) is 6.12. The van der Waals surface area contributed by atoms with Gasteiger partial charge in [0.2, 0.25) is 5.91 Å². The lowest BCUT2D eigenvalue weighted by atomic mass is 10.1. The van der Waals surface area contributed by atoms with Crippen molar-refractivity contribution in [1.29, 1.82) is 0 Å². The molecular weight excluding hydrogens is 280 g/mol. The van der Waals surface area contributed by atoms with Crippen LogP contribution in [-0.2, 0) is 11.3 Å². The fourth-order valence-electron chi connectivity index (χ4n) is 1.68. The van der Waals surface area contributed by atoms with Gasteiger partial charge in [0.15, 0.2) is 0 Å². The molecule has 1 aromatic heterocycles. The number of hydrogen-bond donors (Lipinski definition) is 0. The van der Waals surface area contributed by atoms with E-state index in [-0.39, 0.29) is 5.91 Å². The van der Waals surface area contributed by atoms with Gasteiger partial charge < -0.3 is 4.90 Å². The van der Waals surface area contributed by atoms with Crippen molar-refractivity contribution in [3.8, 4) is 0 Å². The summed E-state index contributed by atoms with van der Waals surface area (Å²) in [6, 6.07) is 8.04. The molecule has 1 heterocycles. The van der Waals surface area contributed by atoms with Crippen LogP contribution in [0.4, 0.5) is 0 Å². The molecule has 88 valence electrons. The lowest BCUT2D eigenvalue weighted by Crippen LogP contribution is -2.23.